The molecule has 0 heterocycles. The maximum Gasteiger partial charge on any atom is 0.326 e. The van der Waals surface area contributed by atoms with Crippen molar-refractivity contribution in [1.82, 2.24) is 10.2 Å². The van der Waals surface area contributed by atoms with Crippen LogP contribution < -0.4 is 5.32 Å². The molecule has 1 aromatic carbocycles. The van der Waals surface area contributed by atoms with E-state index in [9.17, 15) is 14.4 Å². The van der Waals surface area contributed by atoms with Crippen molar-refractivity contribution in [2.45, 2.75) is 0 Å². The second-order valence-electron chi connectivity index (χ2n) is 3.86. The van der Waals surface area contributed by atoms with Gasteiger partial charge in [0.05, 0.1) is 0 Å². The van der Waals surface area contributed by atoms with E-state index in [1.54, 1.807) is 30.3 Å². The number of rotatable bonds is 5. The summed E-state index contributed by atoms with van der Waals surface area (Å²) in [6, 6.07) is 8.60. The molecule has 1 N–H and O–H groups in total. The normalized spacial score (nSPS) is 9.58. The van der Waals surface area contributed by atoms with Gasteiger partial charge in [-0.2, -0.15) is 0 Å². The number of carbonyl (C=O) groups is 3. The summed E-state index contributed by atoms with van der Waals surface area (Å²) in [4.78, 5) is 35.5. The summed E-state index contributed by atoms with van der Waals surface area (Å²) in [7, 11) is 2.94. The average molecular weight is 264 g/mol. The highest BCUT2D eigenvalue weighted by atomic mass is 16.5. The van der Waals surface area contributed by atoms with Gasteiger partial charge < -0.3 is 15.0 Å². The Bertz CT molecular complexity index is 459. The molecule has 0 aliphatic heterocycles. The second kappa shape index (κ2) is 7.15. The topological polar surface area (TPSA) is 75.7 Å². The monoisotopic (exact) mass is 264 g/mol. The van der Waals surface area contributed by atoms with Crippen molar-refractivity contribution in [2.24, 2.45) is 0 Å². The highest BCUT2D eigenvalue weighted by Gasteiger charge is 2.15. The zero-order valence-electron chi connectivity index (χ0n) is 10.9. The summed E-state index contributed by atoms with van der Waals surface area (Å²) in [6.45, 7) is -0.548. The van der Waals surface area contributed by atoms with E-state index in [1.165, 1.54) is 19.0 Å². The molecule has 19 heavy (non-hydrogen) atoms. The molecule has 0 bridgehead atoms. The van der Waals surface area contributed by atoms with Gasteiger partial charge in [0.2, 0.25) is 0 Å². The highest BCUT2D eigenvalue weighted by molar-refractivity contribution is 5.95. The number of hydrogen-bond acceptors (Lipinski definition) is 4. The van der Waals surface area contributed by atoms with Crippen molar-refractivity contribution >= 4 is 17.8 Å². The highest BCUT2D eigenvalue weighted by Crippen LogP contribution is 2.02. The first-order valence-corrected chi connectivity index (χ1v) is 5.71. The maximum absolute atomic E-state index is 11.9. The van der Waals surface area contributed by atoms with E-state index in [-0.39, 0.29) is 19.1 Å². The first-order chi connectivity index (χ1) is 9.04. The predicted octanol–water partition coefficient (Wildman–Crippen LogP) is 0.0478. The van der Waals surface area contributed by atoms with Crippen LogP contribution in [0.2, 0.25) is 0 Å². The molecule has 0 spiro atoms. The van der Waals surface area contributed by atoms with Crippen LogP contribution in [0.5, 0.6) is 0 Å². The number of likely N-dealkylation sites (N-methyl/N-ethyl adjacent to an activating group) is 2. The Hall–Kier alpha value is -2.37. The number of esters is 1. The molecule has 0 radical (unpaired) electrons. The summed E-state index contributed by atoms with van der Waals surface area (Å²) in [5.74, 6) is -1.31. The smallest absolute Gasteiger partial charge is 0.326 e. The Balaban J connectivity index is 2.46. The van der Waals surface area contributed by atoms with Crippen molar-refractivity contribution in [3.8, 4) is 0 Å². The van der Waals surface area contributed by atoms with Crippen LogP contribution in [0.3, 0.4) is 0 Å². The maximum atomic E-state index is 11.9. The second-order valence-corrected chi connectivity index (χ2v) is 3.86. The molecule has 0 aromatic heterocycles. The Morgan fingerprint density at radius 2 is 1.84 bits per heavy atom. The third-order valence-electron chi connectivity index (χ3n) is 2.38. The van der Waals surface area contributed by atoms with Crippen molar-refractivity contribution in [3.05, 3.63) is 35.9 Å². The first kappa shape index (κ1) is 14.7. The van der Waals surface area contributed by atoms with Crippen LogP contribution in [0, 0.1) is 0 Å². The molecule has 0 saturated heterocycles. The lowest BCUT2D eigenvalue weighted by atomic mass is 10.2. The third-order valence-corrected chi connectivity index (χ3v) is 2.38. The van der Waals surface area contributed by atoms with Crippen molar-refractivity contribution in [3.63, 3.8) is 0 Å². The lowest BCUT2D eigenvalue weighted by Gasteiger charge is -2.16. The molecule has 1 aromatic rings. The number of nitrogens with one attached hydrogen (secondary N) is 1. The quantitative estimate of drug-likeness (QED) is 0.762. The van der Waals surface area contributed by atoms with Gasteiger partial charge >= 0.3 is 5.97 Å². The van der Waals surface area contributed by atoms with Gasteiger partial charge in [0.25, 0.3) is 11.8 Å². The molecular weight excluding hydrogens is 248 g/mol. The summed E-state index contributed by atoms with van der Waals surface area (Å²) in [5.41, 5.74) is 0.490. The lowest BCUT2D eigenvalue weighted by molar-refractivity contribution is -0.148. The molecule has 2 amide bonds. The molecule has 6 nitrogen and oxygen atoms in total. The fourth-order valence-electron chi connectivity index (χ4n) is 1.33. The number of nitrogens with zero attached hydrogens (tertiary/aromatic N) is 1. The van der Waals surface area contributed by atoms with Crippen LogP contribution in [0.4, 0.5) is 0 Å². The van der Waals surface area contributed by atoms with Gasteiger partial charge in [0.1, 0.15) is 6.54 Å². The molecule has 0 aliphatic rings. The Labute approximate surface area is 111 Å². The van der Waals surface area contributed by atoms with Gasteiger partial charge in [-0.25, -0.2) is 0 Å². The van der Waals surface area contributed by atoms with E-state index in [2.05, 4.69) is 5.32 Å². The zero-order chi connectivity index (χ0) is 14.3. The molecule has 6 heteroatoms. The van der Waals surface area contributed by atoms with Gasteiger partial charge in [-0.15, -0.1) is 0 Å². The Morgan fingerprint density at radius 3 is 2.42 bits per heavy atom. The molecule has 0 atom stereocenters. The van der Waals surface area contributed by atoms with Gasteiger partial charge in [-0.3, -0.25) is 14.4 Å². The minimum absolute atomic E-state index is 0.204. The van der Waals surface area contributed by atoms with Crippen LogP contribution in [-0.4, -0.2) is 49.9 Å². The molecule has 102 valence electrons. The number of hydrogen-bond donors (Lipinski definition) is 1. The molecule has 0 unspecified atom stereocenters. The third kappa shape index (κ3) is 4.79. The van der Waals surface area contributed by atoms with Crippen molar-refractivity contribution in [1.29, 1.82) is 0 Å². The van der Waals surface area contributed by atoms with Crippen molar-refractivity contribution < 1.29 is 19.1 Å². The number of benzene rings is 1. The molecule has 0 aliphatic carbocycles. The van der Waals surface area contributed by atoms with Gasteiger partial charge in [0, 0.05) is 19.7 Å². The van der Waals surface area contributed by atoms with Crippen LogP contribution in [-0.2, 0) is 14.3 Å². The fraction of sp³-hybridized carbons (Fsp3) is 0.308. The number of carbonyl (C=O) groups excluding carboxylic acids is 3. The zero-order valence-corrected chi connectivity index (χ0v) is 10.9. The first-order valence-electron chi connectivity index (χ1n) is 5.71. The van der Waals surface area contributed by atoms with E-state index in [4.69, 9.17) is 4.74 Å². The number of amides is 2. The SMILES string of the molecule is CNC(=O)COC(=O)CN(C)C(=O)c1ccccc1. The minimum atomic E-state index is -0.629. The number of ether oxygens (including phenoxy) is 1. The van der Waals surface area contributed by atoms with Crippen molar-refractivity contribution in [2.75, 3.05) is 27.2 Å². The van der Waals surface area contributed by atoms with E-state index in [0.29, 0.717) is 5.56 Å². The summed E-state index contributed by atoms with van der Waals surface area (Å²) >= 11 is 0. The van der Waals surface area contributed by atoms with Crippen LogP contribution in [0.15, 0.2) is 30.3 Å². The Morgan fingerprint density at radius 1 is 1.21 bits per heavy atom. The molecule has 0 fully saturated rings. The molecular formula is C13H16N2O4. The van der Waals surface area contributed by atoms with Crippen LogP contribution >= 0.6 is 0 Å². The van der Waals surface area contributed by atoms with Gasteiger partial charge in [-0.1, -0.05) is 18.2 Å². The predicted molar refractivity (Wildman–Crippen MR) is 68.4 cm³/mol. The van der Waals surface area contributed by atoms with E-state index < -0.39 is 11.9 Å². The summed E-state index contributed by atoms with van der Waals surface area (Å²) < 4.78 is 4.71. The van der Waals surface area contributed by atoms with E-state index in [1.807, 2.05) is 0 Å². The van der Waals surface area contributed by atoms with E-state index in [0.717, 1.165) is 0 Å². The van der Waals surface area contributed by atoms with Crippen LogP contribution in [0.25, 0.3) is 0 Å². The molecule has 0 saturated carbocycles. The van der Waals surface area contributed by atoms with Gasteiger partial charge in [-0.05, 0) is 12.1 Å². The molecule has 1 rings (SSSR count). The summed E-state index contributed by atoms with van der Waals surface area (Å²) in [6.07, 6.45) is 0. The van der Waals surface area contributed by atoms with Gasteiger partial charge in [0.15, 0.2) is 6.61 Å². The fourth-order valence-corrected chi connectivity index (χ4v) is 1.33. The van der Waals surface area contributed by atoms with E-state index >= 15 is 0 Å². The largest absolute Gasteiger partial charge is 0.454 e. The Kier molecular flexibility index (Phi) is 5.53. The minimum Gasteiger partial charge on any atom is -0.454 e. The standard InChI is InChI=1S/C13H16N2O4/c1-14-11(16)9-19-12(17)8-15(2)13(18)10-6-4-3-5-7-10/h3-7H,8-9H2,1-2H3,(H,14,16). The summed E-state index contributed by atoms with van der Waals surface area (Å²) in [5, 5.41) is 2.33. The van der Waals surface area contributed by atoms with Crippen LogP contribution in [0.1, 0.15) is 10.4 Å². The average Bonchev–Trinajstić information content (AvgIpc) is 2.44. The lowest BCUT2D eigenvalue weighted by Crippen LogP contribution is -2.34.